The highest BCUT2D eigenvalue weighted by atomic mass is 16.5. The quantitative estimate of drug-likeness (QED) is 0.704. The number of benzene rings is 1. The number of anilines is 1. The van der Waals surface area contributed by atoms with Crippen molar-refractivity contribution >= 4 is 11.6 Å². The average molecular weight is 351 g/mol. The lowest BCUT2D eigenvalue weighted by molar-refractivity contribution is -0.121. The molecular formula is C19H21N5O2. The third-order valence-electron chi connectivity index (χ3n) is 3.91. The summed E-state index contributed by atoms with van der Waals surface area (Å²) in [4.78, 5) is 22.3. The fourth-order valence-corrected chi connectivity index (χ4v) is 2.40. The summed E-state index contributed by atoms with van der Waals surface area (Å²) in [5.41, 5.74) is 3.02. The van der Waals surface area contributed by atoms with Gasteiger partial charge in [0.15, 0.2) is 0 Å². The third kappa shape index (κ3) is 4.66. The van der Waals surface area contributed by atoms with Crippen LogP contribution in [0, 0.1) is 0 Å². The molecule has 7 heteroatoms. The molecule has 7 nitrogen and oxygen atoms in total. The number of pyridine rings is 1. The Labute approximate surface area is 152 Å². The zero-order valence-electron chi connectivity index (χ0n) is 14.8. The van der Waals surface area contributed by atoms with Gasteiger partial charge in [-0.15, -0.1) is 0 Å². The van der Waals surface area contributed by atoms with Crippen LogP contribution in [0.3, 0.4) is 0 Å². The van der Waals surface area contributed by atoms with E-state index in [1.165, 1.54) is 0 Å². The number of carbonyl (C=O) groups excluding carboxylic acids is 1. The van der Waals surface area contributed by atoms with E-state index < -0.39 is 0 Å². The van der Waals surface area contributed by atoms with E-state index >= 15 is 0 Å². The van der Waals surface area contributed by atoms with Crippen molar-refractivity contribution in [3.8, 4) is 11.4 Å². The second-order valence-corrected chi connectivity index (χ2v) is 6.09. The molecular weight excluding hydrogens is 330 g/mol. The highest BCUT2D eigenvalue weighted by molar-refractivity contribution is 5.76. The Morgan fingerprint density at radius 3 is 2.54 bits per heavy atom. The van der Waals surface area contributed by atoms with Crippen LogP contribution >= 0.6 is 0 Å². The number of carbonyl (C=O) groups is 1. The maximum Gasteiger partial charge on any atom is 0.227 e. The number of rotatable bonds is 7. The number of hydrogen-bond acceptors (Lipinski definition) is 6. The first-order valence-corrected chi connectivity index (χ1v) is 8.38. The lowest BCUT2D eigenvalue weighted by atomic mass is 10.2. The number of amides is 1. The van der Waals surface area contributed by atoms with E-state index in [0.29, 0.717) is 31.1 Å². The van der Waals surface area contributed by atoms with Crippen LogP contribution in [0.4, 0.5) is 5.69 Å². The molecule has 1 aromatic carbocycles. The Morgan fingerprint density at radius 1 is 1.12 bits per heavy atom. The van der Waals surface area contributed by atoms with Gasteiger partial charge >= 0.3 is 0 Å². The molecule has 3 rings (SSSR count). The second-order valence-electron chi connectivity index (χ2n) is 6.09. The van der Waals surface area contributed by atoms with E-state index in [4.69, 9.17) is 4.52 Å². The number of nitrogens with zero attached hydrogens (tertiary/aromatic N) is 4. The first kappa shape index (κ1) is 17.6. The van der Waals surface area contributed by atoms with E-state index in [1.54, 1.807) is 12.4 Å². The number of aromatic nitrogens is 3. The minimum atomic E-state index is -0.0506. The molecule has 0 radical (unpaired) electrons. The summed E-state index contributed by atoms with van der Waals surface area (Å²) in [5.74, 6) is 0.899. The van der Waals surface area contributed by atoms with Gasteiger partial charge in [0.1, 0.15) is 0 Å². The van der Waals surface area contributed by atoms with Crippen LogP contribution < -0.4 is 10.2 Å². The Bertz CT molecular complexity index is 844. The molecule has 134 valence electrons. The predicted octanol–water partition coefficient (Wildman–Crippen LogP) is 2.45. The van der Waals surface area contributed by atoms with Crippen LogP contribution in [0.1, 0.15) is 17.9 Å². The van der Waals surface area contributed by atoms with Gasteiger partial charge in [-0.1, -0.05) is 17.3 Å². The van der Waals surface area contributed by atoms with Crippen molar-refractivity contribution in [1.29, 1.82) is 0 Å². The topological polar surface area (TPSA) is 84.2 Å². The summed E-state index contributed by atoms with van der Waals surface area (Å²) in [6.45, 7) is 0.499. The standard InChI is InChI=1S/C19H21N5O2/c1-24(2)16-5-3-14(4-6-16)13-21-17(25)7-8-18-22-19(23-26-18)15-9-11-20-12-10-15/h3-6,9-12H,7-8,13H2,1-2H3,(H,21,25). The van der Waals surface area contributed by atoms with E-state index in [2.05, 4.69) is 20.4 Å². The fraction of sp³-hybridized carbons (Fsp3) is 0.263. The van der Waals surface area contributed by atoms with Crippen molar-refractivity contribution in [3.63, 3.8) is 0 Å². The minimum Gasteiger partial charge on any atom is -0.378 e. The molecule has 0 aliphatic carbocycles. The molecule has 1 amide bonds. The van der Waals surface area contributed by atoms with E-state index in [-0.39, 0.29) is 5.91 Å². The van der Waals surface area contributed by atoms with Gasteiger partial charge in [-0.25, -0.2) is 0 Å². The van der Waals surface area contributed by atoms with Crippen LogP contribution in [0.2, 0.25) is 0 Å². The zero-order chi connectivity index (χ0) is 18.4. The van der Waals surface area contributed by atoms with Crippen molar-refractivity contribution in [3.05, 3.63) is 60.2 Å². The molecule has 3 aromatic rings. The van der Waals surface area contributed by atoms with Crippen LogP contribution in [0.5, 0.6) is 0 Å². The maximum absolute atomic E-state index is 12.0. The molecule has 0 bridgehead atoms. The first-order chi connectivity index (χ1) is 12.6. The van der Waals surface area contributed by atoms with Gasteiger partial charge in [0.25, 0.3) is 0 Å². The van der Waals surface area contributed by atoms with Gasteiger partial charge in [0.2, 0.25) is 17.6 Å². The summed E-state index contributed by atoms with van der Waals surface area (Å²) in [6.07, 6.45) is 4.05. The summed E-state index contributed by atoms with van der Waals surface area (Å²) >= 11 is 0. The third-order valence-corrected chi connectivity index (χ3v) is 3.91. The van der Waals surface area contributed by atoms with Gasteiger partial charge in [-0.3, -0.25) is 9.78 Å². The van der Waals surface area contributed by atoms with Crippen molar-refractivity contribution in [2.45, 2.75) is 19.4 Å². The van der Waals surface area contributed by atoms with Crippen LogP contribution in [-0.2, 0) is 17.8 Å². The molecule has 0 aliphatic rings. The van der Waals surface area contributed by atoms with Gasteiger partial charge in [0, 0.05) is 57.1 Å². The van der Waals surface area contributed by atoms with Crippen molar-refractivity contribution in [1.82, 2.24) is 20.4 Å². The molecule has 0 atom stereocenters. The highest BCUT2D eigenvalue weighted by Gasteiger charge is 2.10. The van der Waals surface area contributed by atoms with E-state index in [9.17, 15) is 4.79 Å². The number of nitrogens with one attached hydrogen (secondary N) is 1. The van der Waals surface area contributed by atoms with E-state index in [0.717, 1.165) is 16.8 Å². The molecule has 2 heterocycles. The van der Waals surface area contributed by atoms with Crippen molar-refractivity contribution < 1.29 is 9.32 Å². The molecule has 0 unspecified atom stereocenters. The Kier molecular flexibility index (Phi) is 5.58. The Morgan fingerprint density at radius 2 is 1.85 bits per heavy atom. The molecule has 26 heavy (non-hydrogen) atoms. The molecule has 0 fully saturated rings. The molecule has 0 saturated carbocycles. The molecule has 2 aromatic heterocycles. The number of hydrogen-bond donors (Lipinski definition) is 1. The normalized spacial score (nSPS) is 10.5. The first-order valence-electron chi connectivity index (χ1n) is 8.38. The molecule has 0 spiro atoms. The Hall–Kier alpha value is -3.22. The highest BCUT2D eigenvalue weighted by Crippen LogP contribution is 2.15. The average Bonchev–Trinajstić information content (AvgIpc) is 3.15. The SMILES string of the molecule is CN(C)c1ccc(CNC(=O)CCc2nc(-c3ccncc3)no2)cc1. The second kappa shape index (κ2) is 8.24. The minimum absolute atomic E-state index is 0.0506. The smallest absolute Gasteiger partial charge is 0.227 e. The molecule has 0 aliphatic heterocycles. The summed E-state index contributed by atoms with van der Waals surface area (Å²) in [5, 5.41) is 6.84. The van der Waals surface area contributed by atoms with Gasteiger partial charge < -0.3 is 14.7 Å². The maximum atomic E-state index is 12.0. The van der Waals surface area contributed by atoms with Crippen LogP contribution in [0.15, 0.2) is 53.3 Å². The largest absolute Gasteiger partial charge is 0.378 e. The lowest BCUT2D eigenvalue weighted by Gasteiger charge is -2.12. The van der Waals surface area contributed by atoms with Gasteiger partial charge in [0.05, 0.1) is 0 Å². The number of aryl methyl sites for hydroxylation is 1. The van der Waals surface area contributed by atoms with Crippen molar-refractivity contribution in [2.75, 3.05) is 19.0 Å². The zero-order valence-corrected chi connectivity index (χ0v) is 14.8. The van der Waals surface area contributed by atoms with Gasteiger partial charge in [-0.2, -0.15) is 4.98 Å². The molecule has 0 saturated heterocycles. The van der Waals surface area contributed by atoms with Crippen LogP contribution in [0.25, 0.3) is 11.4 Å². The van der Waals surface area contributed by atoms with E-state index in [1.807, 2.05) is 55.4 Å². The predicted molar refractivity (Wildman–Crippen MR) is 98.5 cm³/mol. The molecule has 1 N–H and O–H groups in total. The lowest BCUT2D eigenvalue weighted by Crippen LogP contribution is -2.23. The monoisotopic (exact) mass is 351 g/mol. The fourth-order valence-electron chi connectivity index (χ4n) is 2.40. The van der Waals surface area contributed by atoms with Crippen molar-refractivity contribution in [2.24, 2.45) is 0 Å². The summed E-state index contributed by atoms with van der Waals surface area (Å²) in [6, 6.07) is 11.7. The Balaban J connectivity index is 1.46. The van der Waals surface area contributed by atoms with Crippen LogP contribution in [-0.4, -0.2) is 35.1 Å². The summed E-state index contributed by atoms with van der Waals surface area (Å²) < 4.78 is 5.20. The van der Waals surface area contributed by atoms with Gasteiger partial charge in [-0.05, 0) is 29.8 Å². The summed E-state index contributed by atoms with van der Waals surface area (Å²) in [7, 11) is 3.99.